The number of benzene rings is 1. The lowest BCUT2D eigenvalue weighted by Crippen LogP contribution is -2.41. The molecule has 1 aliphatic heterocycles. The largest absolute Gasteiger partial charge is 0.378 e. The number of halogens is 1. The van der Waals surface area contributed by atoms with Gasteiger partial charge in [0.25, 0.3) is 5.91 Å². The number of carbonyl (C=O) groups is 1. The van der Waals surface area contributed by atoms with E-state index in [1.807, 2.05) is 6.92 Å². The Morgan fingerprint density at radius 1 is 1.29 bits per heavy atom. The summed E-state index contributed by atoms with van der Waals surface area (Å²) >= 11 is 0. The second-order valence-corrected chi connectivity index (χ2v) is 4.27. The van der Waals surface area contributed by atoms with Crippen LogP contribution in [0.25, 0.3) is 0 Å². The van der Waals surface area contributed by atoms with Gasteiger partial charge in [-0.3, -0.25) is 4.79 Å². The van der Waals surface area contributed by atoms with Gasteiger partial charge in [-0.25, -0.2) is 4.39 Å². The van der Waals surface area contributed by atoms with Gasteiger partial charge in [0.2, 0.25) is 0 Å². The molecule has 1 heterocycles. The monoisotopic (exact) mass is 237 g/mol. The zero-order chi connectivity index (χ0) is 12.4. The number of hydrogen-bond acceptors (Lipinski definition) is 2. The predicted octanol–water partition coefficient (Wildman–Crippen LogP) is 1.91. The molecule has 1 aliphatic rings. The first-order chi connectivity index (χ1) is 8.11. The van der Waals surface area contributed by atoms with Crippen molar-refractivity contribution in [2.24, 2.45) is 0 Å². The highest BCUT2D eigenvalue weighted by molar-refractivity contribution is 5.94. The fourth-order valence-corrected chi connectivity index (χ4v) is 1.88. The fourth-order valence-electron chi connectivity index (χ4n) is 1.88. The van der Waals surface area contributed by atoms with Crippen molar-refractivity contribution in [3.8, 4) is 0 Å². The predicted molar refractivity (Wildman–Crippen MR) is 62.6 cm³/mol. The summed E-state index contributed by atoms with van der Waals surface area (Å²) < 4.78 is 19.2. The number of aryl methyl sites for hydroxylation is 1. The normalized spacial score (nSPS) is 16.1. The summed E-state index contributed by atoms with van der Waals surface area (Å²) in [7, 11) is 0. The van der Waals surface area contributed by atoms with Crippen molar-refractivity contribution in [1.82, 2.24) is 4.90 Å². The van der Waals surface area contributed by atoms with Crippen molar-refractivity contribution >= 4 is 5.91 Å². The molecule has 0 radical (unpaired) electrons. The number of carbonyl (C=O) groups excluding carboxylic acids is 1. The third-order valence-electron chi connectivity index (χ3n) is 3.19. The smallest absolute Gasteiger partial charge is 0.256 e. The zero-order valence-corrected chi connectivity index (χ0v) is 10.1. The number of rotatable bonds is 1. The molecule has 1 aromatic rings. The molecule has 1 saturated heterocycles. The molecule has 0 bridgehead atoms. The summed E-state index contributed by atoms with van der Waals surface area (Å²) in [6.07, 6.45) is 0. The summed E-state index contributed by atoms with van der Waals surface area (Å²) in [4.78, 5) is 13.8. The Bertz CT molecular complexity index is 439. The van der Waals surface area contributed by atoms with Crippen LogP contribution in [-0.2, 0) is 4.74 Å². The van der Waals surface area contributed by atoms with E-state index in [9.17, 15) is 9.18 Å². The highest BCUT2D eigenvalue weighted by Crippen LogP contribution is 2.18. The van der Waals surface area contributed by atoms with Crippen molar-refractivity contribution in [2.75, 3.05) is 26.3 Å². The molecule has 92 valence electrons. The molecule has 1 fully saturated rings. The van der Waals surface area contributed by atoms with Crippen LogP contribution in [0.3, 0.4) is 0 Å². The summed E-state index contributed by atoms with van der Waals surface area (Å²) in [6.45, 7) is 5.65. The van der Waals surface area contributed by atoms with Gasteiger partial charge in [0, 0.05) is 13.1 Å². The Kier molecular flexibility index (Phi) is 3.43. The maximum atomic E-state index is 14.0. The second kappa shape index (κ2) is 4.84. The summed E-state index contributed by atoms with van der Waals surface area (Å²) in [5, 5.41) is 0. The molecule has 0 aliphatic carbocycles. The molecule has 0 unspecified atom stereocenters. The zero-order valence-electron chi connectivity index (χ0n) is 10.1. The minimum absolute atomic E-state index is 0.162. The van der Waals surface area contributed by atoms with Gasteiger partial charge in [-0.1, -0.05) is 6.07 Å². The standard InChI is InChI=1S/C13H16FNO2/c1-9-3-4-11(12(14)10(9)2)13(16)15-5-7-17-8-6-15/h3-4H,5-8H2,1-2H3. The van der Waals surface area contributed by atoms with E-state index in [4.69, 9.17) is 4.74 Å². The van der Waals surface area contributed by atoms with Crippen LogP contribution in [0.4, 0.5) is 4.39 Å². The van der Waals surface area contributed by atoms with E-state index >= 15 is 0 Å². The second-order valence-electron chi connectivity index (χ2n) is 4.27. The maximum absolute atomic E-state index is 14.0. The lowest BCUT2D eigenvalue weighted by atomic mass is 10.0. The SMILES string of the molecule is Cc1ccc(C(=O)N2CCOCC2)c(F)c1C. The molecular formula is C13H16FNO2. The number of morpholine rings is 1. The van der Waals surface area contributed by atoms with Gasteiger partial charge in [-0.2, -0.15) is 0 Å². The average Bonchev–Trinajstić information content (AvgIpc) is 2.36. The van der Waals surface area contributed by atoms with Crippen LogP contribution in [-0.4, -0.2) is 37.1 Å². The molecule has 0 atom stereocenters. The molecule has 0 saturated carbocycles. The third kappa shape index (κ3) is 2.31. The lowest BCUT2D eigenvalue weighted by Gasteiger charge is -2.27. The first kappa shape index (κ1) is 12.0. The first-order valence-electron chi connectivity index (χ1n) is 5.74. The molecular weight excluding hydrogens is 221 g/mol. The third-order valence-corrected chi connectivity index (χ3v) is 3.19. The molecule has 0 aromatic heterocycles. The van der Waals surface area contributed by atoms with Crippen molar-refractivity contribution in [2.45, 2.75) is 13.8 Å². The number of ether oxygens (including phenoxy) is 1. The van der Waals surface area contributed by atoms with Gasteiger partial charge in [0.1, 0.15) is 5.82 Å². The molecule has 0 spiro atoms. The van der Waals surface area contributed by atoms with E-state index in [0.29, 0.717) is 31.9 Å². The van der Waals surface area contributed by atoms with Crippen molar-refractivity contribution in [3.63, 3.8) is 0 Å². The Balaban J connectivity index is 2.27. The summed E-state index contributed by atoms with van der Waals surface area (Å²) in [5.74, 6) is -0.643. The molecule has 1 aromatic carbocycles. The first-order valence-corrected chi connectivity index (χ1v) is 5.74. The highest BCUT2D eigenvalue weighted by atomic mass is 19.1. The van der Waals surface area contributed by atoms with Crippen LogP contribution in [0, 0.1) is 19.7 Å². The number of amides is 1. The van der Waals surface area contributed by atoms with Crippen LogP contribution >= 0.6 is 0 Å². The molecule has 2 rings (SSSR count). The van der Waals surface area contributed by atoms with Crippen LogP contribution in [0.15, 0.2) is 12.1 Å². The molecule has 4 heteroatoms. The van der Waals surface area contributed by atoms with Gasteiger partial charge in [-0.05, 0) is 31.0 Å². The van der Waals surface area contributed by atoms with Gasteiger partial charge in [0.05, 0.1) is 18.8 Å². The Hall–Kier alpha value is -1.42. The van der Waals surface area contributed by atoms with Crippen LogP contribution in [0.1, 0.15) is 21.5 Å². The Labute approximate surface area is 100 Å². The van der Waals surface area contributed by atoms with Crippen molar-refractivity contribution < 1.29 is 13.9 Å². The van der Waals surface area contributed by atoms with Crippen LogP contribution in [0.2, 0.25) is 0 Å². The van der Waals surface area contributed by atoms with Gasteiger partial charge < -0.3 is 9.64 Å². The average molecular weight is 237 g/mol. The van der Waals surface area contributed by atoms with Gasteiger partial charge in [0.15, 0.2) is 0 Å². The Morgan fingerprint density at radius 2 is 1.94 bits per heavy atom. The van der Waals surface area contributed by atoms with E-state index in [1.54, 1.807) is 24.0 Å². The van der Waals surface area contributed by atoms with Crippen LogP contribution in [0.5, 0.6) is 0 Å². The lowest BCUT2D eigenvalue weighted by molar-refractivity contribution is 0.0299. The van der Waals surface area contributed by atoms with Crippen LogP contribution < -0.4 is 0 Å². The number of nitrogens with zero attached hydrogens (tertiary/aromatic N) is 1. The van der Waals surface area contributed by atoms with E-state index in [-0.39, 0.29) is 11.5 Å². The van der Waals surface area contributed by atoms with E-state index in [1.165, 1.54) is 0 Å². The van der Waals surface area contributed by atoms with Crippen molar-refractivity contribution in [1.29, 1.82) is 0 Å². The highest BCUT2D eigenvalue weighted by Gasteiger charge is 2.22. The van der Waals surface area contributed by atoms with Crippen molar-refractivity contribution in [3.05, 3.63) is 34.6 Å². The molecule has 0 N–H and O–H groups in total. The molecule has 17 heavy (non-hydrogen) atoms. The molecule has 3 nitrogen and oxygen atoms in total. The number of hydrogen-bond donors (Lipinski definition) is 0. The minimum atomic E-state index is -0.401. The quantitative estimate of drug-likeness (QED) is 0.746. The van der Waals surface area contributed by atoms with E-state index in [2.05, 4.69) is 0 Å². The van der Waals surface area contributed by atoms with E-state index < -0.39 is 5.82 Å². The summed E-state index contributed by atoms with van der Waals surface area (Å²) in [6, 6.07) is 3.35. The molecule has 1 amide bonds. The van der Waals surface area contributed by atoms with Gasteiger partial charge in [-0.15, -0.1) is 0 Å². The van der Waals surface area contributed by atoms with Gasteiger partial charge >= 0.3 is 0 Å². The topological polar surface area (TPSA) is 29.5 Å². The maximum Gasteiger partial charge on any atom is 0.256 e. The Morgan fingerprint density at radius 3 is 2.59 bits per heavy atom. The minimum Gasteiger partial charge on any atom is -0.378 e. The fraction of sp³-hybridized carbons (Fsp3) is 0.462. The summed E-state index contributed by atoms with van der Waals surface area (Å²) in [5.41, 5.74) is 1.57. The van der Waals surface area contributed by atoms with E-state index in [0.717, 1.165) is 5.56 Å².